The van der Waals surface area contributed by atoms with Crippen molar-refractivity contribution in [2.75, 3.05) is 13.2 Å². The number of hydrogen-bond acceptors (Lipinski definition) is 4. The average molecular weight is 375 g/mol. The fraction of sp³-hybridized carbons (Fsp3) is 0.533. The molecule has 114 valence electrons. The first-order valence-electron chi connectivity index (χ1n) is 7.06. The van der Waals surface area contributed by atoms with E-state index in [2.05, 4.69) is 21.1 Å². The minimum atomic E-state index is -0.349. The number of oxime groups is 1. The zero-order valence-corrected chi connectivity index (χ0v) is 14.0. The van der Waals surface area contributed by atoms with Gasteiger partial charge in [-0.15, -0.1) is 0 Å². The smallest absolute Gasteiger partial charge is 0.169 e. The van der Waals surface area contributed by atoms with Crippen LogP contribution in [0.15, 0.2) is 27.8 Å². The van der Waals surface area contributed by atoms with Gasteiger partial charge in [-0.3, -0.25) is 0 Å². The van der Waals surface area contributed by atoms with Gasteiger partial charge in [0.15, 0.2) is 5.79 Å². The lowest BCUT2D eigenvalue weighted by atomic mass is 9.92. The molecule has 1 saturated heterocycles. The molecule has 3 rings (SSSR count). The molecule has 0 N–H and O–H groups in total. The van der Waals surface area contributed by atoms with Crippen LogP contribution in [0, 0.1) is 0 Å². The highest BCUT2D eigenvalue weighted by atomic mass is 79.9. The molecule has 21 heavy (non-hydrogen) atoms. The summed E-state index contributed by atoms with van der Waals surface area (Å²) in [5.41, 5.74) is 2.10. The third kappa shape index (κ3) is 3.77. The van der Waals surface area contributed by atoms with Crippen LogP contribution in [0.25, 0.3) is 0 Å². The highest BCUT2D eigenvalue weighted by molar-refractivity contribution is 9.10. The molecule has 1 aliphatic carbocycles. The molecule has 1 saturated carbocycles. The Morgan fingerprint density at radius 3 is 2.62 bits per heavy atom. The summed E-state index contributed by atoms with van der Waals surface area (Å²) < 4.78 is 12.3. The van der Waals surface area contributed by atoms with Crippen LogP contribution in [0.2, 0.25) is 5.02 Å². The summed E-state index contributed by atoms with van der Waals surface area (Å²) in [5, 5.41) is 4.95. The van der Waals surface area contributed by atoms with Gasteiger partial charge in [0.1, 0.15) is 6.61 Å². The van der Waals surface area contributed by atoms with E-state index in [1.54, 1.807) is 0 Å². The van der Waals surface area contributed by atoms with Gasteiger partial charge in [-0.1, -0.05) is 38.8 Å². The van der Waals surface area contributed by atoms with E-state index in [0.717, 1.165) is 41.4 Å². The Morgan fingerprint density at radius 1 is 1.24 bits per heavy atom. The molecule has 4 nitrogen and oxygen atoms in total. The maximum atomic E-state index is 5.91. The summed E-state index contributed by atoms with van der Waals surface area (Å²) >= 11 is 9.38. The molecule has 2 aliphatic rings. The van der Waals surface area contributed by atoms with Crippen molar-refractivity contribution in [2.45, 2.75) is 38.1 Å². The number of benzene rings is 1. The van der Waals surface area contributed by atoms with E-state index in [1.165, 1.54) is 0 Å². The highest BCUT2D eigenvalue weighted by Gasteiger charge is 2.39. The monoisotopic (exact) mass is 373 g/mol. The Hall–Kier alpha value is -0.620. The van der Waals surface area contributed by atoms with E-state index >= 15 is 0 Å². The molecule has 6 heteroatoms. The van der Waals surface area contributed by atoms with Crippen molar-refractivity contribution in [3.63, 3.8) is 0 Å². The molecule has 0 unspecified atom stereocenters. The number of halogens is 2. The van der Waals surface area contributed by atoms with Gasteiger partial charge in [0.25, 0.3) is 0 Å². The van der Waals surface area contributed by atoms with E-state index in [-0.39, 0.29) is 5.79 Å². The van der Waals surface area contributed by atoms with Gasteiger partial charge in [-0.25, -0.2) is 0 Å². The third-order valence-corrected chi connectivity index (χ3v) is 4.80. The summed E-state index contributed by atoms with van der Waals surface area (Å²) in [5.74, 6) is -0.349. The zero-order chi connectivity index (χ0) is 14.7. The van der Waals surface area contributed by atoms with E-state index in [0.29, 0.717) is 24.8 Å². The lowest BCUT2D eigenvalue weighted by molar-refractivity contribution is -0.168. The van der Waals surface area contributed by atoms with Crippen LogP contribution in [-0.2, 0) is 20.9 Å². The molecule has 0 aromatic heterocycles. The molecule has 1 aliphatic heterocycles. The van der Waals surface area contributed by atoms with Gasteiger partial charge in [0, 0.05) is 27.9 Å². The van der Waals surface area contributed by atoms with Crippen molar-refractivity contribution in [2.24, 2.45) is 5.16 Å². The van der Waals surface area contributed by atoms with Gasteiger partial charge in [0.2, 0.25) is 0 Å². The predicted molar refractivity (Wildman–Crippen MR) is 84.5 cm³/mol. The standard InChI is InChI=1S/C15H17BrClNO3/c16-14-9-12(17)2-1-11(14)10-21-18-13-3-5-15(6-4-13)19-7-8-20-15/h1-2,9H,3-8,10H2. The molecular weight excluding hydrogens is 358 g/mol. The zero-order valence-electron chi connectivity index (χ0n) is 11.6. The van der Waals surface area contributed by atoms with Crippen LogP contribution in [-0.4, -0.2) is 24.7 Å². The third-order valence-electron chi connectivity index (χ3n) is 3.83. The lowest BCUT2D eigenvalue weighted by Gasteiger charge is -2.31. The van der Waals surface area contributed by atoms with Crippen molar-refractivity contribution in [1.29, 1.82) is 0 Å². The van der Waals surface area contributed by atoms with E-state index in [1.807, 2.05) is 18.2 Å². The molecule has 1 aromatic carbocycles. The van der Waals surface area contributed by atoms with Gasteiger partial charge in [-0.05, 0) is 25.0 Å². The van der Waals surface area contributed by atoms with Gasteiger partial charge in [-0.2, -0.15) is 0 Å². The van der Waals surface area contributed by atoms with Crippen molar-refractivity contribution in [1.82, 2.24) is 0 Å². The Balaban J connectivity index is 1.51. The number of rotatable bonds is 3. The first-order chi connectivity index (χ1) is 10.2. The fourth-order valence-electron chi connectivity index (χ4n) is 2.63. The molecule has 1 heterocycles. The minimum Gasteiger partial charge on any atom is -0.391 e. The summed E-state index contributed by atoms with van der Waals surface area (Å²) in [7, 11) is 0. The molecule has 0 bridgehead atoms. The summed E-state index contributed by atoms with van der Waals surface area (Å²) in [6.07, 6.45) is 3.45. The van der Waals surface area contributed by atoms with Gasteiger partial charge < -0.3 is 14.3 Å². The van der Waals surface area contributed by atoms with Crippen molar-refractivity contribution < 1.29 is 14.3 Å². The molecule has 1 spiro atoms. The second-order valence-corrected chi connectivity index (χ2v) is 6.57. The Kier molecular flexibility index (Phi) is 4.84. The highest BCUT2D eigenvalue weighted by Crippen LogP contribution is 2.34. The van der Waals surface area contributed by atoms with Crippen LogP contribution < -0.4 is 0 Å². The Morgan fingerprint density at radius 2 is 1.95 bits per heavy atom. The van der Waals surface area contributed by atoms with Crippen molar-refractivity contribution in [3.8, 4) is 0 Å². The maximum Gasteiger partial charge on any atom is 0.169 e. The van der Waals surface area contributed by atoms with Crippen molar-refractivity contribution in [3.05, 3.63) is 33.3 Å². The van der Waals surface area contributed by atoms with Crippen molar-refractivity contribution >= 4 is 33.2 Å². The Bertz CT molecular complexity index is 532. The largest absolute Gasteiger partial charge is 0.391 e. The summed E-state index contributed by atoms with van der Waals surface area (Å²) in [4.78, 5) is 5.46. The maximum absolute atomic E-state index is 5.91. The molecule has 2 fully saturated rings. The van der Waals surface area contributed by atoms with Crippen LogP contribution in [0.4, 0.5) is 0 Å². The van der Waals surface area contributed by atoms with E-state index in [4.69, 9.17) is 25.9 Å². The lowest BCUT2D eigenvalue weighted by Crippen LogP contribution is -2.35. The second kappa shape index (κ2) is 6.65. The molecule has 0 amide bonds. The summed E-state index contributed by atoms with van der Waals surface area (Å²) in [6, 6.07) is 5.63. The first-order valence-corrected chi connectivity index (χ1v) is 8.24. The quantitative estimate of drug-likeness (QED) is 0.741. The number of hydrogen-bond donors (Lipinski definition) is 0. The van der Waals surface area contributed by atoms with Crippen LogP contribution in [0.3, 0.4) is 0 Å². The number of ether oxygens (including phenoxy) is 2. The topological polar surface area (TPSA) is 40.0 Å². The normalized spacial score (nSPS) is 20.8. The van der Waals surface area contributed by atoms with Crippen LogP contribution in [0.5, 0.6) is 0 Å². The van der Waals surface area contributed by atoms with Crippen LogP contribution in [0.1, 0.15) is 31.2 Å². The van der Waals surface area contributed by atoms with E-state index < -0.39 is 0 Å². The SMILES string of the molecule is Clc1ccc(CON=C2CCC3(CC2)OCCO3)c(Br)c1. The van der Waals surface area contributed by atoms with E-state index in [9.17, 15) is 0 Å². The van der Waals surface area contributed by atoms with Gasteiger partial charge in [0.05, 0.1) is 18.9 Å². The molecular formula is C15H17BrClNO3. The average Bonchev–Trinajstić information content (AvgIpc) is 2.92. The first kappa shape index (κ1) is 15.3. The minimum absolute atomic E-state index is 0.349. The Labute approximate surface area is 137 Å². The number of nitrogens with zero attached hydrogens (tertiary/aromatic N) is 1. The predicted octanol–water partition coefficient (Wildman–Crippen LogP) is 4.29. The fourth-order valence-corrected chi connectivity index (χ4v) is 3.43. The summed E-state index contributed by atoms with van der Waals surface area (Å²) in [6.45, 7) is 1.83. The molecule has 0 atom stereocenters. The second-order valence-electron chi connectivity index (χ2n) is 5.27. The van der Waals surface area contributed by atoms with Crippen LogP contribution >= 0.6 is 27.5 Å². The molecule has 0 radical (unpaired) electrons. The van der Waals surface area contributed by atoms with Gasteiger partial charge >= 0.3 is 0 Å². The molecule has 1 aromatic rings.